The molecule has 2 aliphatic rings. The number of fused-ring (bicyclic) bond motifs is 1. The van der Waals surface area contributed by atoms with Crippen molar-refractivity contribution in [2.75, 3.05) is 17.3 Å². The smallest absolute Gasteiger partial charge is 0.173 e. The van der Waals surface area contributed by atoms with E-state index in [0.29, 0.717) is 11.7 Å². The lowest BCUT2D eigenvalue weighted by Crippen LogP contribution is -2.13. The van der Waals surface area contributed by atoms with E-state index in [0.717, 1.165) is 23.5 Å². The molecular weight excluding hydrogens is 280 g/mol. The van der Waals surface area contributed by atoms with Crippen molar-refractivity contribution in [2.24, 2.45) is 5.92 Å². The summed E-state index contributed by atoms with van der Waals surface area (Å²) in [6.45, 7) is 0. The van der Waals surface area contributed by atoms with Crippen LogP contribution < -0.4 is 0 Å². The van der Waals surface area contributed by atoms with Gasteiger partial charge in [-0.3, -0.25) is 4.79 Å². The minimum absolute atomic E-state index is 0.399. The van der Waals surface area contributed by atoms with E-state index >= 15 is 0 Å². The molecule has 0 spiro atoms. The van der Waals surface area contributed by atoms with Gasteiger partial charge in [-0.15, -0.1) is 11.3 Å². The molecule has 1 saturated heterocycles. The zero-order valence-electron chi connectivity index (χ0n) is 10.4. The van der Waals surface area contributed by atoms with Gasteiger partial charge in [0.15, 0.2) is 5.78 Å². The van der Waals surface area contributed by atoms with Gasteiger partial charge in [-0.1, -0.05) is 0 Å². The second-order valence-corrected chi connectivity index (χ2v) is 8.51. The lowest BCUT2D eigenvalue weighted by atomic mass is 9.96. The van der Waals surface area contributed by atoms with Gasteiger partial charge < -0.3 is 0 Å². The summed E-state index contributed by atoms with van der Waals surface area (Å²) in [6.07, 6.45) is 4.42. The molecule has 1 aromatic rings. The van der Waals surface area contributed by atoms with Crippen LogP contribution in [0.15, 0.2) is 6.07 Å². The molecule has 1 aromatic heterocycles. The van der Waals surface area contributed by atoms with Crippen molar-refractivity contribution in [3.63, 3.8) is 0 Å². The molecule has 0 unspecified atom stereocenters. The molecule has 3 heterocycles. The molecule has 0 atom stereocenters. The van der Waals surface area contributed by atoms with Crippen LogP contribution in [0.1, 0.15) is 39.4 Å². The molecule has 4 heteroatoms. The number of aryl methyl sites for hydroxylation is 1. The highest BCUT2D eigenvalue weighted by Crippen LogP contribution is 2.33. The van der Waals surface area contributed by atoms with Gasteiger partial charge in [-0.25, -0.2) is 0 Å². The molecule has 98 valence electrons. The lowest BCUT2D eigenvalue weighted by Gasteiger charge is -2.19. The average Bonchev–Trinajstić information content (AvgIpc) is 2.84. The Kier molecular flexibility index (Phi) is 4.37. The summed E-state index contributed by atoms with van der Waals surface area (Å²) in [5.41, 5.74) is 1.43. The van der Waals surface area contributed by atoms with Crippen LogP contribution in [0.25, 0.3) is 0 Å². The first kappa shape index (κ1) is 13.1. The van der Waals surface area contributed by atoms with E-state index in [4.69, 9.17) is 0 Å². The predicted octanol–water partition coefficient (Wildman–Crippen LogP) is 4.25. The van der Waals surface area contributed by atoms with Crippen molar-refractivity contribution >= 4 is 40.6 Å². The van der Waals surface area contributed by atoms with Gasteiger partial charge in [0.05, 0.1) is 4.88 Å². The van der Waals surface area contributed by atoms with Gasteiger partial charge >= 0.3 is 0 Å². The monoisotopic (exact) mass is 298 g/mol. The Bertz CT molecular complexity index is 409. The van der Waals surface area contributed by atoms with E-state index < -0.39 is 0 Å². The third-order valence-corrected chi connectivity index (χ3v) is 7.05. The molecule has 0 N–H and O–H groups in total. The third-order valence-electron chi connectivity index (χ3n) is 3.72. The summed E-state index contributed by atoms with van der Waals surface area (Å²) in [5.74, 6) is 5.87. The quantitative estimate of drug-likeness (QED) is 0.776. The average molecular weight is 298 g/mol. The van der Waals surface area contributed by atoms with Crippen LogP contribution in [0.5, 0.6) is 0 Å². The molecule has 0 aromatic carbocycles. The highest BCUT2D eigenvalue weighted by atomic mass is 32.2. The minimum atomic E-state index is 0.399. The van der Waals surface area contributed by atoms with Gasteiger partial charge in [0.1, 0.15) is 0 Å². The summed E-state index contributed by atoms with van der Waals surface area (Å²) in [7, 11) is 0. The van der Waals surface area contributed by atoms with Crippen LogP contribution in [-0.4, -0.2) is 23.0 Å². The zero-order valence-corrected chi connectivity index (χ0v) is 12.9. The first-order chi connectivity index (χ1) is 8.83. The van der Waals surface area contributed by atoms with Crippen LogP contribution in [-0.2, 0) is 12.2 Å². The van der Waals surface area contributed by atoms with Crippen molar-refractivity contribution in [3.05, 3.63) is 21.4 Å². The molecule has 0 amide bonds. The Labute approximate surface area is 121 Å². The number of rotatable bonds is 3. The minimum Gasteiger partial charge on any atom is -0.293 e. The first-order valence-electron chi connectivity index (χ1n) is 6.63. The Balaban J connectivity index is 1.66. The lowest BCUT2D eigenvalue weighted by molar-refractivity contribution is 0.0962. The van der Waals surface area contributed by atoms with E-state index in [-0.39, 0.29) is 0 Å². The molecule has 3 rings (SSSR count). The van der Waals surface area contributed by atoms with E-state index in [1.54, 1.807) is 11.3 Å². The SMILES string of the molecule is O=C(CC1CCSCC1)c1cc2c(s1)CCSC2. The van der Waals surface area contributed by atoms with E-state index in [9.17, 15) is 4.79 Å². The van der Waals surface area contributed by atoms with Crippen molar-refractivity contribution in [1.82, 2.24) is 0 Å². The molecule has 18 heavy (non-hydrogen) atoms. The van der Waals surface area contributed by atoms with E-state index in [1.165, 1.54) is 40.5 Å². The number of carbonyl (C=O) groups excluding carboxylic acids is 1. The number of Topliss-reactive ketones (excluding diaryl/α,β-unsaturated/α-hetero) is 1. The second kappa shape index (κ2) is 6.02. The fourth-order valence-electron chi connectivity index (χ4n) is 2.60. The van der Waals surface area contributed by atoms with Crippen molar-refractivity contribution in [2.45, 2.75) is 31.4 Å². The number of carbonyl (C=O) groups is 1. The van der Waals surface area contributed by atoms with Crippen LogP contribution in [0.3, 0.4) is 0 Å². The standard InChI is InChI=1S/C14H18OS3/c15-12(7-10-1-4-16-5-2-10)14-8-11-9-17-6-3-13(11)18-14/h8,10H,1-7,9H2. The highest BCUT2D eigenvalue weighted by molar-refractivity contribution is 7.99. The Morgan fingerprint density at radius 2 is 2.06 bits per heavy atom. The van der Waals surface area contributed by atoms with Crippen molar-refractivity contribution in [3.8, 4) is 0 Å². The Hall–Kier alpha value is 0.0700. The molecule has 0 radical (unpaired) electrons. The van der Waals surface area contributed by atoms with Gasteiger partial charge in [-0.2, -0.15) is 23.5 Å². The number of hydrogen-bond donors (Lipinski definition) is 0. The van der Waals surface area contributed by atoms with Crippen molar-refractivity contribution < 1.29 is 4.79 Å². The second-order valence-electron chi connectivity index (χ2n) is 5.04. The van der Waals surface area contributed by atoms with E-state index in [2.05, 4.69) is 6.07 Å². The molecule has 0 saturated carbocycles. The predicted molar refractivity (Wildman–Crippen MR) is 83.2 cm³/mol. The Morgan fingerprint density at radius 3 is 2.83 bits per heavy atom. The summed E-state index contributed by atoms with van der Waals surface area (Å²) in [6, 6.07) is 2.17. The summed E-state index contributed by atoms with van der Waals surface area (Å²) in [4.78, 5) is 14.8. The number of ketones is 1. The van der Waals surface area contributed by atoms with Crippen LogP contribution in [0, 0.1) is 5.92 Å². The van der Waals surface area contributed by atoms with E-state index in [1.807, 2.05) is 23.5 Å². The molecule has 1 nitrogen and oxygen atoms in total. The Morgan fingerprint density at radius 1 is 1.22 bits per heavy atom. The normalized spacial score (nSPS) is 20.7. The third kappa shape index (κ3) is 2.97. The number of thiophene rings is 1. The molecular formula is C14H18OS3. The van der Waals surface area contributed by atoms with Gasteiger partial charge in [-0.05, 0) is 54.1 Å². The molecule has 2 aliphatic heterocycles. The number of hydrogen-bond acceptors (Lipinski definition) is 4. The van der Waals surface area contributed by atoms with Crippen LogP contribution >= 0.6 is 34.9 Å². The maximum Gasteiger partial charge on any atom is 0.173 e. The summed E-state index contributed by atoms with van der Waals surface area (Å²) in [5, 5.41) is 0. The molecule has 0 bridgehead atoms. The van der Waals surface area contributed by atoms with Gasteiger partial charge in [0, 0.05) is 17.1 Å². The van der Waals surface area contributed by atoms with Gasteiger partial charge in [0.25, 0.3) is 0 Å². The van der Waals surface area contributed by atoms with Crippen LogP contribution in [0.2, 0.25) is 0 Å². The first-order valence-corrected chi connectivity index (χ1v) is 9.76. The largest absolute Gasteiger partial charge is 0.293 e. The van der Waals surface area contributed by atoms with Crippen molar-refractivity contribution in [1.29, 1.82) is 0 Å². The summed E-state index contributed by atoms with van der Waals surface area (Å²) >= 11 is 5.79. The maximum absolute atomic E-state index is 12.3. The van der Waals surface area contributed by atoms with Gasteiger partial charge in [0.2, 0.25) is 0 Å². The zero-order chi connectivity index (χ0) is 12.4. The van der Waals surface area contributed by atoms with Crippen LogP contribution in [0.4, 0.5) is 0 Å². The summed E-state index contributed by atoms with van der Waals surface area (Å²) < 4.78 is 0. The fraction of sp³-hybridized carbons (Fsp3) is 0.643. The topological polar surface area (TPSA) is 17.1 Å². The fourth-order valence-corrected chi connectivity index (χ4v) is 6.12. The maximum atomic E-state index is 12.3. The number of thioether (sulfide) groups is 2. The highest BCUT2D eigenvalue weighted by Gasteiger charge is 2.21. The molecule has 1 fully saturated rings. The molecule has 0 aliphatic carbocycles.